The van der Waals surface area contributed by atoms with Crippen LogP contribution < -0.4 is 32.4 Å². The van der Waals surface area contributed by atoms with E-state index in [0.717, 1.165) is 14.8 Å². The zero-order chi connectivity index (χ0) is 33.5. The summed E-state index contributed by atoms with van der Waals surface area (Å²) in [6.45, 7) is 0. The third-order valence-electron chi connectivity index (χ3n) is 7.49. The molecule has 0 saturated heterocycles. The SMILES string of the molecule is Cn1c(Nc2ccccc2)c(-c2ccc3c4c(=O)n(C)c(=O)n(C)c4[n+](-c4ccccc4)c-3cc2)c(=O)n(C)c1=O.F[B-](F)(F)F. The molecule has 236 valence electrons. The van der Waals surface area contributed by atoms with E-state index in [-0.39, 0.29) is 0 Å². The third kappa shape index (κ3) is 5.74. The number of aryl methyl sites for hydroxylation is 1. The Kier molecular flexibility index (Phi) is 8.26. The molecule has 1 aliphatic carbocycles. The number of para-hydroxylation sites is 2. The van der Waals surface area contributed by atoms with Gasteiger partial charge in [-0.15, -0.1) is 0 Å². The molecule has 0 saturated carbocycles. The first-order valence-electron chi connectivity index (χ1n) is 13.8. The van der Waals surface area contributed by atoms with E-state index in [1.54, 1.807) is 32.3 Å². The molecular formula is C31H27BF4N6O4. The topological polar surface area (TPSA) is 104 Å². The lowest BCUT2D eigenvalue weighted by Gasteiger charge is -2.16. The van der Waals surface area contributed by atoms with E-state index < -0.39 is 29.8 Å². The van der Waals surface area contributed by atoms with Crippen molar-refractivity contribution in [2.24, 2.45) is 28.2 Å². The maximum Gasteiger partial charge on any atom is 0.673 e. The van der Waals surface area contributed by atoms with Gasteiger partial charge in [0.1, 0.15) is 22.6 Å². The molecular weight excluding hydrogens is 607 g/mol. The highest BCUT2D eigenvalue weighted by atomic mass is 19.5. The van der Waals surface area contributed by atoms with Crippen molar-refractivity contribution in [1.82, 2.24) is 18.3 Å². The number of benzene rings is 2. The molecule has 0 amide bonds. The molecule has 0 fully saturated rings. The Bertz CT molecular complexity index is 2310. The Morgan fingerprint density at radius 3 is 1.76 bits per heavy atom. The fraction of sp³-hybridized carbons (Fsp3) is 0.129. The van der Waals surface area contributed by atoms with Crippen LogP contribution in [-0.2, 0) is 28.2 Å². The molecule has 6 rings (SSSR count). The molecule has 4 aromatic rings. The number of hydrogen-bond acceptors (Lipinski definition) is 5. The van der Waals surface area contributed by atoms with Crippen molar-refractivity contribution in [3.63, 3.8) is 0 Å². The van der Waals surface area contributed by atoms with Crippen LogP contribution in [0.5, 0.6) is 0 Å². The molecule has 2 aromatic heterocycles. The fourth-order valence-corrected chi connectivity index (χ4v) is 5.34. The Balaban J connectivity index is 0.000000775. The molecule has 46 heavy (non-hydrogen) atoms. The number of halogens is 4. The number of hydrogen-bond donors (Lipinski definition) is 1. The first-order chi connectivity index (χ1) is 21.7. The van der Waals surface area contributed by atoms with Gasteiger partial charge in [0.25, 0.3) is 11.1 Å². The Labute approximate surface area is 258 Å². The van der Waals surface area contributed by atoms with Gasteiger partial charge >= 0.3 is 24.3 Å². The van der Waals surface area contributed by atoms with Gasteiger partial charge in [0, 0.05) is 32.4 Å². The van der Waals surface area contributed by atoms with Gasteiger partial charge in [-0.1, -0.05) is 42.5 Å². The summed E-state index contributed by atoms with van der Waals surface area (Å²) >= 11 is 0. The minimum absolute atomic E-state index is 0.298. The number of fused-ring (bicyclic) bond motifs is 3. The van der Waals surface area contributed by atoms with E-state index in [1.807, 2.05) is 71.3 Å². The van der Waals surface area contributed by atoms with Crippen molar-refractivity contribution < 1.29 is 21.8 Å². The van der Waals surface area contributed by atoms with Crippen molar-refractivity contribution in [2.75, 3.05) is 5.32 Å². The molecule has 3 heterocycles. The second-order valence-electron chi connectivity index (χ2n) is 10.4. The maximum absolute atomic E-state index is 13.6. The van der Waals surface area contributed by atoms with Crippen LogP contribution in [0, 0.1) is 0 Å². The van der Waals surface area contributed by atoms with E-state index in [2.05, 4.69) is 5.32 Å². The summed E-state index contributed by atoms with van der Waals surface area (Å²) in [5.74, 6) is 0.342. The molecule has 15 heteroatoms. The summed E-state index contributed by atoms with van der Waals surface area (Å²) in [6, 6.07) is 25.9. The van der Waals surface area contributed by atoms with Crippen LogP contribution in [0.25, 0.3) is 39.1 Å². The largest absolute Gasteiger partial charge is 0.673 e. The summed E-state index contributed by atoms with van der Waals surface area (Å²) in [5, 5.41) is 3.63. The monoisotopic (exact) mass is 634 g/mol. The maximum atomic E-state index is 13.6. The van der Waals surface area contributed by atoms with E-state index >= 15 is 0 Å². The molecule has 0 atom stereocenters. The summed E-state index contributed by atoms with van der Waals surface area (Å²) < 4.78 is 45.9. The van der Waals surface area contributed by atoms with Gasteiger partial charge in [-0.25, -0.2) is 14.2 Å². The van der Waals surface area contributed by atoms with Gasteiger partial charge < -0.3 is 22.6 Å². The van der Waals surface area contributed by atoms with Gasteiger partial charge in [0.15, 0.2) is 0 Å². The number of aromatic nitrogens is 5. The number of nitrogens with one attached hydrogen (secondary N) is 1. The first-order valence-corrected chi connectivity index (χ1v) is 13.8. The highest BCUT2D eigenvalue weighted by molar-refractivity contribution is 6.50. The Hall–Kier alpha value is -5.73. The molecule has 1 aliphatic heterocycles. The first kappa shape index (κ1) is 31.7. The zero-order valence-corrected chi connectivity index (χ0v) is 25.0. The summed E-state index contributed by atoms with van der Waals surface area (Å²) in [6.07, 6.45) is 0. The van der Waals surface area contributed by atoms with E-state index in [9.17, 15) is 36.4 Å². The summed E-state index contributed by atoms with van der Waals surface area (Å²) in [7, 11) is 0.154. The predicted octanol–water partition coefficient (Wildman–Crippen LogP) is 3.73. The molecule has 2 aromatic carbocycles. The normalized spacial score (nSPS) is 11.4. The van der Waals surface area contributed by atoms with Crippen LogP contribution in [0.15, 0.2) is 104 Å². The van der Waals surface area contributed by atoms with Crippen LogP contribution in [-0.4, -0.2) is 25.5 Å². The van der Waals surface area contributed by atoms with Crippen LogP contribution >= 0.6 is 0 Å². The minimum Gasteiger partial charge on any atom is -0.418 e. The van der Waals surface area contributed by atoms with Gasteiger partial charge in [0.05, 0.1) is 12.6 Å². The Morgan fingerprint density at radius 1 is 0.630 bits per heavy atom. The summed E-state index contributed by atoms with van der Waals surface area (Å²) in [4.78, 5) is 52.9. The van der Waals surface area contributed by atoms with Crippen LogP contribution in [0.4, 0.5) is 28.8 Å². The molecule has 0 spiro atoms. The lowest BCUT2D eigenvalue weighted by Crippen LogP contribution is -2.41. The second kappa shape index (κ2) is 12.0. The standard InChI is InChI=1S/C31H26N6O4.BF4/c1-33-26(32-20-11-7-5-8-12-20)24(28(38)35(3)30(33)40)19-15-17-22-23(18-16-19)37(21-13-9-6-10-14-21)27-25(22)29(39)36(4)31(41)34(27)2;2-1(3,4)5/h5-18H,1-4H3;/q;-1/p+1. The molecule has 0 bridgehead atoms. The molecule has 10 nitrogen and oxygen atoms in total. The highest BCUT2D eigenvalue weighted by Gasteiger charge is 2.31. The van der Waals surface area contributed by atoms with E-state index in [4.69, 9.17) is 0 Å². The molecule has 1 N–H and O–H groups in total. The fourth-order valence-electron chi connectivity index (χ4n) is 5.34. The van der Waals surface area contributed by atoms with Crippen LogP contribution in [0.3, 0.4) is 0 Å². The average molecular weight is 634 g/mol. The van der Waals surface area contributed by atoms with Crippen molar-refractivity contribution in [1.29, 1.82) is 0 Å². The van der Waals surface area contributed by atoms with E-state index in [1.165, 1.54) is 23.2 Å². The highest BCUT2D eigenvalue weighted by Crippen LogP contribution is 2.31. The van der Waals surface area contributed by atoms with Crippen molar-refractivity contribution in [2.45, 2.75) is 0 Å². The Morgan fingerprint density at radius 2 is 1.15 bits per heavy atom. The molecule has 0 radical (unpaired) electrons. The van der Waals surface area contributed by atoms with Gasteiger partial charge in [-0.05, 0) is 48.0 Å². The average Bonchev–Trinajstić information content (AvgIpc) is 3.21. The zero-order valence-electron chi connectivity index (χ0n) is 25.0. The summed E-state index contributed by atoms with van der Waals surface area (Å²) in [5.41, 5.74) is 2.32. The third-order valence-corrected chi connectivity index (χ3v) is 7.49. The lowest BCUT2D eigenvalue weighted by molar-refractivity contribution is -0.556. The molecule has 2 aliphatic rings. The van der Waals surface area contributed by atoms with Crippen LogP contribution in [0.2, 0.25) is 0 Å². The van der Waals surface area contributed by atoms with Crippen molar-refractivity contribution in [3.05, 3.63) is 127 Å². The van der Waals surface area contributed by atoms with Crippen molar-refractivity contribution in [3.8, 4) is 28.1 Å². The predicted molar refractivity (Wildman–Crippen MR) is 168 cm³/mol. The van der Waals surface area contributed by atoms with E-state index in [0.29, 0.717) is 44.9 Å². The van der Waals surface area contributed by atoms with Gasteiger partial charge in [0.2, 0.25) is 0 Å². The molecule has 0 unspecified atom stereocenters. The lowest BCUT2D eigenvalue weighted by atomic mass is 10.1. The minimum atomic E-state index is -6.00. The van der Waals surface area contributed by atoms with Crippen molar-refractivity contribution >= 4 is 29.8 Å². The second-order valence-corrected chi connectivity index (χ2v) is 10.4. The van der Waals surface area contributed by atoms with Crippen LogP contribution in [0.1, 0.15) is 0 Å². The van der Waals surface area contributed by atoms with Gasteiger partial charge in [-0.2, -0.15) is 9.13 Å². The van der Waals surface area contributed by atoms with Gasteiger partial charge in [-0.3, -0.25) is 18.7 Å². The number of anilines is 2. The number of rotatable bonds is 4. The number of nitrogens with zero attached hydrogens (tertiary/aromatic N) is 5. The smallest absolute Gasteiger partial charge is 0.418 e. The quantitative estimate of drug-likeness (QED) is 0.181.